The second-order valence-electron chi connectivity index (χ2n) is 3.88. The van der Waals surface area contributed by atoms with Gasteiger partial charge in [-0.1, -0.05) is 42.3 Å². The van der Waals surface area contributed by atoms with E-state index < -0.39 is 10.0 Å². The number of hydrogen-bond donors (Lipinski definition) is 1. The molecule has 0 amide bonds. The second-order valence-corrected chi connectivity index (χ2v) is 7.15. The lowest BCUT2D eigenvalue weighted by molar-refractivity contribution is 0.449. The average Bonchev–Trinajstić information content (AvgIpc) is 2.31. The van der Waals surface area contributed by atoms with Crippen LogP contribution in [0.3, 0.4) is 0 Å². The van der Waals surface area contributed by atoms with Gasteiger partial charge in [0.25, 0.3) is 0 Å². The molecular formula is C11H14Cl2N2O2S2. The van der Waals surface area contributed by atoms with Gasteiger partial charge in [0.05, 0.1) is 16.6 Å². The monoisotopic (exact) mass is 340 g/mol. The maximum absolute atomic E-state index is 12.5. The summed E-state index contributed by atoms with van der Waals surface area (Å²) in [6, 6.07) is 4.30. The third-order valence-electron chi connectivity index (χ3n) is 2.32. The molecule has 0 fully saturated rings. The molecule has 0 bridgehead atoms. The Morgan fingerprint density at radius 2 is 2.05 bits per heavy atom. The molecule has 0 aliphatic carbocycles. The molecule has 106 valence electrons. The number of nitrogens with two attached hydrogens (primary N) is 1. The van der Waals surface area contributed by atoms with Crippen molar-refractivity contribution in [3.63, 3.8) is 0 Å². The first-order valence-corrected chi connectivity index (χ1v) is 8.13. The summed E-state index contributed by atoms with van der Waals surface area (Å²) >= 11 is 16.5. The lowest BCUT2D eigenvalue weighted by atomic mass is 10.4. The van der Waals surface area contributed by atoms with Crippen molar-refractivity contribution in [3.8, 4) is 0 Å². The van der Waals surface area contributed by atoms with Crippen LogP contribution in [0.25, 0.3) is 0 Å². The molecule has 0 aromatic heterocycles. The molecule has 0 radical (unpaired) electrons. The normalized spacial score (nSPS) is 11.8. The second kappa shape index (κ2) is 6.85. The van der Waals surface area contributed by atoms with Gasteiger partial charge in [-0.2, -0.15) is 4.31 Å². The van der Waals surface area contributed by atoms with E-state index in [1.807, 2.05) is 6.92 Å². The van der Waals surface area contributed by atoms with Gasteiger partial charge < -0.3 is 5.73 Å². The van der Waals surface area contributed by atoms with Crippen LogP contribution in [0.15, 0.2) is 23.1 Å². The number of thiocarbonyl (C=S) groups is 1. The van der Waals surface area contributed by atoms with Gasteiger partial charge in [-0.15, -0.1) is 0 Å². The van der Waals surface area contributed by atoms with Crippen molar-refractivity contribution in [2.75, 3.05) is 13.1 Å². The van der Waals surface area contributed by atoms with Crippen molar-refractivity contribution < 1.29 is 8.42 Å². The Kier molecular flexibility index (Phi) is 6.01. The zero-order valence-electron chi connectivity index (χ0n) is 10.3. The lowest BCUT2D eigenvalue weighted by Crippen LogP contribution is -2.38. The first-order valence-electron chi connectivity index (χ1n) is 5.52. The van der Waals surface area contributed by atoms with E-state index in [0.29, 0.717) is 18.0 Å². The summed E-state index contributed by atoms with van der Waals surface area (Å²) in [6.07, 6.45) is 0.639. The number of benzene rings is 1. The van der Waals surface area contributed by atoms with Crippen molar-refractivity contribution in [2.45, 2.75) is 18.2 Å². The summed E-state index contributed by atoms with van der Waals surface area (Å²) in [5.41, 5.74) is 5.43. The molecule has 8 heteroatoms. The molecule has 1 aromatic rings. The largest absolute Gasteiger partial charge is 0.392 e. The van der Waals surface area contributed by atoms with Crippen molar-refractivity contribution in [2.24, 2.45) is 5.73 Å². The lowest BCUT2D eigenvalue weighted by Gasteiger charge is -2.21. The highest BCUT2D eigenvalue weighted by atomic mass is 35.5. The highest BCUT2D eigenvalue weighted by molar-refractivity contribution is 7.89. The van der Waals surface area contributed by atoms with Crippen LogP contribution in [0.1, 0.15) is 13.3 Å². The van der Waals surface area contributed by atoms with Gasteiger partial charge in [0.1, 0.15) is 4.90 Å². The molecule has 1 rings (SSSR count). The van der Waals surface area contributed by atoms with Crippen molar-refractivity contribution >= 4 is 50.4 Å². The van der Waals surface area contributed by atoms with Crippen LogP contribution >= 0.6 is 35.4 Å². The number of rotatable bonds is 6. The molecular weight excluding hydrogens is 327 g/mol. The molecule has 2 N–H and O–H groups in total. The van der Waals surface area contributed by atoms with Crippen LogP contribution in [0, 0.1) is 0 Å². The molecule has 1 aromatic carbocycles. The van der Waals surface area contributed by atoms with Gasteiger partial charge in [-0.05, 0) is 24.6 Å². The maximum atomic E-state index is 12.5. The molecule has 0 saturated heterocycles. The molecule has 0 aliphatic rings. The van der Waals surface area contributed by atoms with Crippen LogP contribution in [0.5, 0.6) is 0 Å². The zero-order chi connectivity index (χ0) is 14.6. The van der Waals surface area contributed by atoms with E-state index in [4.69, 9.17) is 41.2 Å². The van der Waals surface area contributed by atoms with Gasteiger partial charge in [-0.3, -0.25) is 0 Å². The molecule has 0 spiro atoms. The topological polar surface area (TPSA) is 63.4 Å². The molecule has 0 unspecified atom stereocenters. The summed E-state index contributed by atoms with van der Waals surface area (Å²) in [4.78, 5) is 0.0709. The van der Waals surface area contributed by atoms with Crippen molar-refractivity contribution in [3.05, 3.63) is 28.2 Å². The smallest absolute Gasteiger partial charge is 0.244 e. The average molecular weight is 341 g/mol. The van der Waals surface area contributed by atoms with E-state index in [1.54, 1.807) is 0 Å². The Bertz CT molecular complexity index is 576. The quantitative estimate of drug-likeness (QED) is 0.808. The minimum atomic E-state index is -3.76. The van der Waals surface area contributed by atoms with E-state index in [-0.39, 0.29) is 21.5 Å². The third kappa shape index (κ3) is 4.29. The third-order valence-corrected chi connectivity index (χ3v) is 5.01. The van der Waals surface area contributed by atoms with Gasteiger partial charge in [-0.25, -0.2) is 8.42 Å². The number of hydrogen-bond acceptors (Lipinski definition) is 3. The van der Waals surface area contributed by atoms with E-state index in [0.717, 1.165) is 0 Å². The standard InChI is InChI=1S/C11H14Cl2N2O2S2/c1-2-5-15(7-11(14)18)19(16,17)10-6-8(12)3-4-9(10)13/h3-4,6H,2,5,7H2,1H3,(H2,14,18). The number of nitrogens with zero attached hydrogens (tertiary/aromatic N) is 1. The first-order chi connectivity index (χ1) is 8.78. The van der Waals surface area contributed by atoms with Crippen LogP contribution in [0.4, 0.5) is 0 Å². The highest BCUT2D eigenvalue weighted by Crippen LogP contribution is 2.27. The van der Waals surface area contributed by atoms with Gasteiger partial charge in [0.15, 0.2) is 0 Å². The van der Waals surface area contributed by atoms with E-state index >= 15 is 0 Å². The molecule has 0 saturated carbocycles. The van der Waals surface area contributed by atoms with Gasteiger partial charge >= 0.3 is 0 Å². The summed E-state index contributed by atoms with van der Waals surface area (Å²) in [6.45, 7) is 2.15. The summed E-state index contributed by atoms with van der Waals surface area (Å²) in [5.74, 6) is 0. The van der Waals surface area contributed by atoms with Crippen molar-refractivity contribution in [1.82, 2.24) is 4.31 Å². The number of halogens is 2. The Hall–Kier alpha value is -0.400. The van der Waals surface area contributed by atoms with Crippen LogP contribution in [-0.4, -0.2) is 30.8 Å². The predicted octanol–water partition coefficient (Wildman–Crippen LogP) is 2.68. The Balaban J connectivity index is 3.25. The van der Waals surface area contributed by atoms with Crippen molar-refractivity contribution in [1.29, 1.82) is 0 Å². The minimum Gasteiger partial charge on any atom is -0.392 e. The zero-order valence-corrected chi connectivity index (χ0v) is 13.4. The van der Waals surface area contributed by atoms with E-state index in [9.17, 15) is 8.42 Å². The van der Waals surface area contributed by atoms with Gasteiger partial charge in [0, 0.05) is 11.6 Å². The Morgan fingerprint density at radius 3 is 2.58 bits per heavy atom. The van der Waals surface area contributed by atoms with Crippen LogP contribution in [0.2, 0.25) is 10.0 Å². The molecule has 0 atom stereocenters. The summed E-state index contributed by atoms with van der Waals surface area (Å²) in [7, 11) is -3.76. The van der Waals surface area contributed by atoms with Crippen LogP contribution in [-0.2, 0) is 10.0 Å². The molecule has 0 aliphatic heterocycles. The summed E-state index contributed by atoms with van der Waals surface area (Å²) < 4.78 is 26.2. The fraction of sp³-hybridized carbons (Fsp3) is 0.364. The first kappa shape index (κ1) is 16.7. The van der Waals surface area contributed by atoms with Crippen LogP contribution < -0.4 is 5.73 Å². The molecule has 4 nitrogen and oxygen atoms in total. The van der Waals surface area contributed by atoms with E-state index in [1.165, 1.54) is 22.5 Å². The Morgan fingerprint density at radius 1 is 1.42 bits per heavy atom. The fourth-order valence-electron chi connectivity index (χ4n) is 1.52. The molecule has 19 heavy (non-hydrogen) atoms. The minimum absolute atomic E-state index is 0.0195. The van der Waals surface area contributed by atoms with E-state index in [2.05, 4.69) is 0 Å². The Labute approximate surface area is 128 Å². The summed E-state index contributed by atoms with van der Waals surface area (Å²) in [5, 5.41) is 0.420. The fourth-order valence-corrected chi connectivity index (χ4v) is 4.01. The molecule has 0 heterocycles. The highest BCUT2D eigenvalue weighted by Gasteiger charge is 2.26. The maximum Gasteiger partial charge on any atom is 0.244 e. The predicted molar refractivity (Wildman–Crippen MR) is 82.3 cm³/mol. The van der Waals surface area contributed by atoms with Gasteiger partial charge in [0.2, 0.25) is 10.0 Å². The number of sulfonamides is 1. The SMILES string of the molecule is CCCN(CC(N)=S)S(=O)(=O)c1cc(Cl)ccc1Cl.